The van der Waals surface area contributed by atoms with Crippen molar-refractivity contribution in [1.82, 2.24) is 25.1 Å². The van der Waals surface area contributed by atoms with Crippen molar-refractivity contribution in [1.29, 1.82) is 0 Å². The normalized spacial score (nSPS) is 14.0. The second-order valence-corrected chi connectivity index (χ2v) is 8.48. The number of nitrogens with one attached hydrogen (secondary N) is 2. The van der Waals surface area contributed by atoms with E-state index in [-0.39, 0.29) is 11.1 Å². The van der Waals surface area contributed by atoms with Gasteiger partial charge in [0, 0.05) is 56.4 Å². The first-order chi connectivity index (χ1) is 16.0. The number of aryl methyl sites for hydroxylation is 2. The summed E-state index contributed by atoms with van der Waals surface area (Å²) >= 11 is 6.29. The Balaban J connectivity index is 1.46. The Bertz CT molecular complexity index is 1400. The molecule has 0 amide bonds. The van der Waals surface area contributed by atoms with Gasteiger partial charge in [-0.2, -0.15) is 10.1 Å². The molecule has 1 fully saturated rings. The largest absolute Gasteiger partial charge is 0.369 e. The average Bonchev–Trinajstić information content (AvgIpc) is 2.82. The molecule has 1 aliphatic rings. The maximum Gasteiger partial charge on any atom is 0.229 e. The Kier molecular flexibility index (Phi) is 5.70. The molecule has 8 nitrogen and oxygen atoms in total. The Labute approximate surface area is 196 Å². The molecule has 1 saturated heterocycles. The summed E-state index contributed by atoms with van der Waals surface area (Å²) in [7, 11) is 1.76. The van der Waals surface area contributed by atoms with Crippen molar-refractivity contribution in [3.8, 4) is 11.3 Å². The van der Waals surface area contributed by atoms with Gasteiger partial charge in [-0.1, -0.05) is 29.8 Å². The highest BCUT2D eigenvalue weighted by Crippen LogP contribution is 2.27. The highest BCUT2D eigenvalue weighted by Gasteiger charge is 2.16. The number of hydrogen-bond acceptors (Lipinski definition) is 7. The van der Waals surface area contributed by atoms with Crippen LogP contribution in [-0.4, -0.2) is 45.9 Å². The summed E-state index contributed by atoms with van der Waals surface area (Å²) in [5.74, 6) is 0.402. The van der Waals surface area contributed by atoms with Gasteiger partial charge in [-0.25, -0.2) is 9.67 Å². The molecule has 0 atom stereocenters. The average molecular weight is 462 g/mol. The first-order valence-electron chi connectivity index (χ1n) is 10.8. The van der Waals surface area contributed by atoms with Gasteiger partial charge >= 0.3 is 0 Å². The molecule has 0 unspecified atom stereocenters. The Morgan fingerprint density at radius 3 is 2.67 bits per heavy atom. The number of piperazine rings is 1. The first-order valence-corrected chi connectivity index (χ1v) is 11.2. The van der Waals surface area contributed by atoms with Crippen LogP contribution >= 0.6 is 11.6 Å². The minimum atomic E-state index is -0.251. The number of nitrogens with zero attached hydrogens (tertiary/aromatic N) is 5. The second kappa shape index (κ2) is 8.80. The van der Waals surface area contributed by atoms with Crippen molar-refractivity contribution < 1.29 is 0 Å². The Morgan fingerprint density at radius 1 is 1.12 bits per heavy atom. The smallest absolute Gasteiger partial charge is 0.229 e. The number of halogens is 1. The molecule has 3 heterocycles. The quantitative estimate of drug-likeness (QED) is 0.480. The first kappa shape index (κ1) is 21.4. The van der Waals surface area contributed by atoms with Crippen LogP contribution in [0.15, 0.2) is 53.5 Å². The van der Waals surface area contributed by atoms with Crippen LogP contribution in [0.5, 0.6) is 0 Å². The molecular formula is C24H24ClN7O. The number of benzene rings is 2. The van der Waals surface area contributed by atoms with Crippen molar-refractivity contribution in [2.24, 2.45) is 7.05 Å². The lowest BCUT2D eigenvalue weighted by Crippen LogP contribution is -2.43. The van der Waals surface area contributed by atoms with Crippen LogP contribution in [0.2, 0.25) is 5.02 Å². The van der Waals surface area contributed by atoms with E-state index in [9.17, 15) is 4.79 Å². The van der Waals surface area contributed by atoms with E-state index in [1.807, 2.05) is 18.2 Å². The van der Waals surface area contributed by atoms with E-state index in [1.165, 1.54) is 17.4 Å². The van der Waals surface area contributed by atoms with Gasteiger partial charge in [0.2, 0.25) is 11.4 Å². The summed E-state index contributed by atoms with van der Waals surface area (Å²) in [6, 6.07) is 13.4. The lowest BCUT2D eigenvalue weighted by molar-refractivity contribution is 0.588. The van der Waals surface area contributed by atoms with Crippen molar-refractivity contribution in [3.05, 3.63) is 69.5 Å². The lowest BCUT2D eigenvalue weighted by atomic mass is 10.1. The van der Waals surface area contributed by atoms with Gasteiger partial charge in [0.25, 0.3) is 0 Å². The molecule has 2 aromatic carbocycles. The molecule has 0 aliphatic carbocycles. The van der Waals surface area contributed by atoms with Gasteiger partial charge in [-0.15, -0.1) is 0 Å². The molecule has 5 rings (SSSR count). The minimum absolute atomic E-state index is 0.251. The number of rotatable bonds is 4. The van der Waals surface area contributed by atoms with Crippen LogP contribution in [0.4, 0.5) is 17.3 Å². The van der Waals surface area contributed by atoms with Crippen molar-refractivity contribution in [2.75, 3.05) is 36.4 Å². The molecule has 168 valence electrons. The summed E-state index contributed by atoms with van der Waals surface area (Å²) in [6.07, 6.45) is 1.54. The van der Waals surface area contributed by atoms with E-state index in [1.54, 1.807) is 23.9 Å². The third-order valence-corrected chi connectivity index (χ3v) is 6.15. The molecule has 33 heavy (non-hydrogen) atoms. The van der Waals surface area contributed by atoms with E-state index >= 15 is 0 Å². The predicted octanol–water partition coefficient (Wildman–Crippen LogP) is 3.51. The van der Waals surface area contributed by atoms with E-state index in [2.05, 4.69) is 49.7 Å². The molecular weight excluding hydrogens is 438 g/mol. The standard InChI is InChI=1S/C24H24ClN7O/c1-15-13-16(7-8-20(15)32-11-9-26-10-12-32)28-24-27-14-18-22(33)21(30-31(2)23(18)29-24)17-5-3-4-6-19(17)25/h3-8,13-14,26H,9-12H2,1-2H3,(H,27,28,29). The van der Waals surface area contributed by atoms with Crippen LogP contribution in [0.1, 0.15) is 5.56 Å². The maximum absolute atomic E-state index is 13.1. The highest BCUT2D eigenvalue weighted by molar-refractivity contribution is 6.33. The zero-order valence-corrected chi connectivity index (χ0v) is 19.2. The molecule has 0 radical (unpaired) electrons. The molecule has 2 N–H and O–H groups in total. The second-order valence-electron chi connectivity index (χ2n) is 8.08. The number of fused-ring (bicyclic) bond motifs is 1. The van der Waals surface area contributed by atoms with Gasteiger partial charge in [-0.05, 0) is 36.8 Å². The minimum Gasteiger partial charge on any atom is -0.369 e. The van der Waals surface area contributed by atoms with Crippen LogP contribution in [0.3, 0.4) is 0 Å². The predicted molar refractivity (Wildman–Crippen MR) is 133 cm³/mol. The fourth-order valence-corrected chi connectivity index (χ4v) is 4.39. The summed E-state index contributed by atoms with van der Waals surface area (Å²) in [5, 5.41) is 11.9. The SMILES string of the molecule is Cc1cc(Nc2ncc3c(=O)c(-c4ccccc4Cl)nn(C)c3n2)ccc1N1CCNCC1. The van der Waals surface area contributed by atoms with Crippen LogP contribution in [0.25, 0.3) is 22.3 Å². The third-order valence-electron chi connectivity index (χ3n) is 5.82. The lowest BCUT2D eigenvalue weighted by Gasteiger charge is -2.30. The van der Waals surface area contributed by atoms with Gasteiger partial charge in [0.05, 0.1) is 10.4 Å². The van der Waals surface area contributed by atoms with Crippen molar-refractivity contribution in [2.45, 2.75) is 6.92 Å². The summed E-state index contributed by atoms with van der Waals surface area (Å²) < 4.78 is 1.58. The Morgan fingerprint density at radius 2 is 1.91 bits per heavy atom. The summed E-state index contributed by atoms with van der Waals surface area (Å²) in [5.41, 5.74) is 4.36. The monoisotopic (exact) mass is 461 g/mol. The van der Waals surface area contributed by atoms with E-state index in [0.717, 1.165) is 31.9 Å². The van der Waals surface area contributed by atoms with Crippen molar-refractivity contribution >= 4 is 40.0 Å². The Hall–Kier alpha value is -3.49. The number of aromatic nitrogens is 4. The third kappa shape index (κ3) is 4.15. The molecule has 1 aliphatic heterocycles. The molecule has 9 heteroatoms. The zero-order chi connectivity index (χ0) is 22.9. The summed E-state index contributed by atoms with van der Waals surface area (Å²) in [4.78, 5) is 24.4. The van der Waals surface area contributed by atoms with E-state index < -0.39 is 0 Å². The summed E-state index contributed by atoms with van der Waals surface area (Å²) in [6.45, 7) is 6.09. The molecule has 0 bridgehead atoms. The van der Waals surface area contributed by atoms with E-state index in [4.69, 9.17) is 11.6 Å². The molecule has 4 aromatic rings. The van der Waals surface area contributed by atoms with Gasteiger partial charge in [-0.3, -0.25) is 4.79 Å². The molecule has 0 saturated carbocycles. The number of hydrogen-bond donors (Lipinski definition) is 2. The van der Waals surface area contributed by atoms with Crippen LogP contribution < -0.4 is 21.0 Å². The van der Waals surface area contributed by atoms with E-state index in [0.29, 0.717) is 27.6 Å². The maximum atomic E-state index is 13.1. The van der Waals surface area contributed by atoms with Gasteiger partial charge in [0.1, 0.15) is 5.69 Å². The zero-order valence-electron chi connectivity index (χ0n) is 18.5. The van der Waals surface area contributed by atoms with Crippen LogP contribution in [0, 0.1) is 6.92 Å². The van der Waals surface area contributed by atoms with Gasteiger partial charge in [0.15, 0.2) is 5.65 Å². The fraction of sp³-hybridized carbons (Fsp3) is 0.250. The van der Waals surface area contributed by atoms with Gasteiger partial charge < -0.3 is 15.5 Å². The van der Waals surface area contributed by atoms with Crippen molar-refractivity contribution in [3.63, 3.8) is 0 Å². The van der Waals surface area contributed by atoms with Crippen LogP contribution in [-0.2, 0) is 7.05 Å². The molecule has 2 aromatic heterocycles. The molecule has 0 spiro atoms. The number of anilines is 3. The highest BCUT2D eigenvalue weighted by atomic mass is 35.5. The fourth-order valence-electron chi connectivity index (χ4n) is 4.16. The topological polar surface area (TPSA) is 88.0 Å².